The van der Waals surface area contributed by atoms with E-state index in [1.54, 1.807) is 6.92 Å². The first-order valence-corrected chi connectivity index (χ1v) is 9.19. The summed E-state index contributed by atoms with van der Waals surface area (Å²) in [7, 11) is -3.19. The van der Waals surface area contributed by atoms with Gasteiger partial charge in [-0.15, -0.1) is 0 Å². The first-order valence-electron chi connectivity index (χ1n) is 7.47. The van der Waals surface area contributed by atoms with E-state index in [9.17, 15) is 18.0 Å². The van der Waals surface area contributed by atoms with Gasteiger partial charge in [-0.2, -0.15) is 0 Å². The van der Waals surface area contributed by atoms with Crippen molar-refractivity contribution >= 4 is 21.7 Å². The quantitative estimate of drug-likeness (QED) is 0.818. The van der Waals surface area contributed by atoms with Crippen molar-refractivity contribution in [3.05, 3.63) is 0 Å². The van der Waals surface area contributed by atoms with Crippen molar-refractivity contribution < 1.29 is 23.1 Å². The number of carbonyl (C=O) groups excluding carboxylic acids is 1. The zero-order valence-electron chi connectivity index (χ0n) is 12.4. The van der Waals surface area contributed by atoms with Crippen LogP contribution >= 0.6 is 0 Å². The maximum atomic E-state index is 12.1. The van der Waals surface area contributed by atoms with Crippen LogP contribution < -0.4 is 0 Å². The van der Waals surface area contributed by atoms with E-state index in [4.69, 9.17) is 5.11 Å². The highest BCUT2D eigenvalue weighted by molar-refractivity contribution is 7.92. The van der Waals surface area contributed by atoms with E-state index in [2.05, 4.69) is 0 Å². The molecule has 0 radical (unpaired) electrons. The molecule has 1 N–H and O–H groups in total. The van der Waals surface area contributed by atoms with Crippen LogP contribution in [0, 0.1) is 5.41 Å². The van der Waals surface area contributed by atoms with E-state index in [1.165, 1.54) is 4.90 Å². The van der Waals surface area contributed by atoms with Gasteiger partial charge in [-0.25, -0.2) is 8.42 Å². The summed E-state index contributed by atoms with van der Waals surface area (Å²) in [4.78, 5) is 24.7. The summed E-state index contributed by atoms with van der Waals surface area (Å²) in [5.41, 5.74) is -0.903. The van der Waals surface area contributed by atoms with Crippen LogP contribution in [0.1, 0.15) is 45.4 Å². The number of carboxylic acids is 1. The van der Waals surface area contributed by atoms with Gasteiger partial charge in [0, 0.05) is 19.5 Å². The Morgan fingerprint density at radius 3 is 2.43 bits per heavy atom. The van der Waals surface area contributed by atoms with Gasteiger partial charge in [-0.3, -0.25) is 9.59 Å². The van der Waals surface area contributed by atoms with Gasteiger partial charge in [0.2, 0.25) is 5.91 Å². The van der Waals surface area contributed by atoms with Crippen molar-refractivity contribution in [3.8, 4) is 0 Å². The number of nitrogens with zero attached hydrogens (tertiary/aromatic N) is 1. The molecule has 7 heteroatoms. The average Bonchev–Trinajstić information content (AvgIpc) is 3.06. The highest BCUT2D eigenvalue weighted by atomic mass is 32.2. The van der Waals surface area contributed by atoms with E-state index >= 15 is 0 Å². The van der Waals surface area contributed by atoms with Gasteiger partial charge in [0.1, 0.15) is 0 Å². The molecule has 0 aromatic heterocycles. The molecule has 0 spiro atoms. The number of carbonyl (C=O) groups is 2. The molecule has 0 aromatic carbocycles. The van der Waals surface area contributed by atoms with Crippen molar-refractivity contribution in [3.63, 3.8) is 0 Å². The van der Waals surface area contributed by atoms with E-state index < -0.39 is 21.2 Å². The Morgan fingerprint density at radius 2 is 1.90 bits per heavy atom. The lowest BCUT2D eigenvalue weighted by Crippen LogP contribution is -2.36. The number of sulfone groups is 1. The summed E-state index contributed by atoms with van der Waals surface area (Å²) in [5.74, 6) is -1.27. The summed E-state index contributed by atoms with van der Waals surface area (Å²) >= 11 is 0. The molecule has 1 saturated heterocycles. The molecule has 120 valence electrons. The fraction of sp³-hybridized carbons (Fsp3) is 0.857. The zero-order chi connectivity index (χ0) is 15.7. The Kier molecular flexibility index (Phi) is 4.60. The van der Waals surface area contributed by atoms with Gasteiger partial charge < -0.3 is 10.0 Å². The first kappa shape index (κ1) is 16.3. The topological polar surface area (TPSA) is 91.8 Å². The average molecular weight is 317 g/mol. The summed E-state index contributed by atoms with van der Waals surface area (Å²) in [6.45, 7) is 2.19. The third kappa shape index (κ3) is 3.56. The number of hydrogen-bond acceptors (Lipinski definition) is 4. The molecular formula is C14H23NO5S. The molecule has 21 heavy (non-hydrogen) atoms. The maximum Gasteiger partial charge on any atom is 0.311 e. The molecule has 1 aliphatic carbocycles. The van der Waals surface area contributed by atoms with Crippen molar-refractivity contribution in [2.24, 2.45) is 5.41 Å². The first-order chi connectivity index (χ1) is 9.74. The normalized spacial score (nSPS) is 27.2. The highest BCUT2D eigenvalue weighted by Gasteiger charge is 2.42. The molecule has 1 heterocycles. The second kappa shape index (κ2) is 5.94. The Labute approximate surface area is 125 Å². The molecule has 6 nitrogen and oxygen atoms in total. The number of likely N-dealkylation sites (tertiary alicyclic amines) is 1. The Hall–Kier alpha value is -1.11. The van der Waals surface area contributed by atoms with E-state index in [0.717, 1.165) is 12.8 Å². The minimum atomic E-state index is -3.19. The molecule has 0 bridgehead atoms. The Balaban J connectivity index is 1.87. The van der Waals surface area contributed by atoms with Crippen LogP contribution in [0.3, 0.4) is 0 Å². The van der Waals surface area contributed by atoms with E-state index in [0.29, 0.717) is 25.8 Å². The maximum absolute atomic E-state index is 12.1. The van der Waals surface area contributed by atoms with Crippen molar-refractivity contribution in [1.29, 1.82) is 0 Å². The molecule has 1 saturated carbocycles. The fourth-order valence-corrected chi connectivity index (χ4v) is 4.99. The number of carboxylic acid groups (broad SMARTS) is 1. The van der Waals surface area contributed by atoms with Crippen LogP contribution in [0.5, 0.6) is 0 Å². The number of amides is 1. The van der Waals surface area contributed by atoms with Crippen molar-refractivity contribution in [1.82, 2.24) is 4.90 Å². The summed E-state index contributed by atoms with van der Waals surface area (Å²) in [6, 6.07) is 0. The number of hydrogen-bond donors (Lipinski definition) is 1. The number of aliphatic carboxylic acids is 1. The lowest BCUT2D eigenvalue weighted by Gasteiger charge is -2.20. The molecule has 1 amide bonds. The van der Waals surface area contributed by atoms with E-state index in [-0.39, 0.29) is 29.9 Å². The Bertz CT molecular complexity index is 523. The van der Waals surface area contributed by atoms with Gasteiger partial charge in [0.15, 0.2) is 9.84 Å². The monoisotopic (exact) mass is 317 g/mol. The SMILES string of the molecule is C[C@]1(C(=O)O)CCN(C(=O)CCS(=O)(=O)C2CCCC2)C1. The van der Waals surface area contributed by atoms with Crippen molar-refractivity contribution in [2.45, 2.75) is 50.7 Å². The lowest BCUT2D eigenvalue weighted by atomic mass is 9.90. The zero-order valence-corrected chi connectivity index (χ0v) is 13.2. The summed E-state index contributed by atoms with van der Waals surface area (Å²) < 4.78 is 24.2. The fourth-order valence-electron chi connectivity index (χ4n) is 3.15. The predicted molar refractivity (Wildman–Crippen MR) is 77.6 cm³/mol. The minimum absolute atomic E-state index is 0.0332. The predicted octanol–water partition coefficient (Wildman–Crippen LogP) is 1.06. The molecule has 1 atom stereocenters. The molecule has 1 aliphatic heterocycles. The van der Waals surface area contributed by atoms with Crippen LogP contribution in [-0.2, 0) is 19.4 Å². The van der Waals surface area contributed by atoms with Gasteiger partial charge >= 0.3 is 5.97 Å². The third-order valence-electron chi connectivity index (χ3n) is 4.75. The smallest absolute Gasteiger partial charge is 0.311 e. The lowest BCUT2D eigenvalue weighted by molar-refractivity contribution is -0.147. The third-order valence-corrected chi connectivity index (χ3v) is 7.01. The highest BCUT2D eigenvalue weighted by Crippen LogP contribution is 2.31. The molecular weight excluding hydrogens is 294 g/mol. The standard InChI is InChI=1S/C14H23NO5S/c1-14(13(17)18)7-8-15(10-14)12(16)6-9-21(19,20)11-4-2-3-5-11/h11H,2-10H2,1H3,(H,17,18)/t14-/m0/s1. The molecule has 0 aromatic rings. The van der Waals surface area contributed by atoms with Crippen LogP contribution in [-0.4, -0.2) is 54.4 Å². The van der Waals surface area contributed by atoms with Crippen LogP contribution in [0.2, 0.25) is 0 Å². The molecule has 2 rings (SSSR count). The summed E-state index contributed by atoms with van der Waals surface area (Å²) in [6.07, 6.45) is 3.69. The molecule has 2 fully saturated rings. The van der Waals surface area contributed by atoms with Gasteiger partial charge in [0.25, 0.3) is 0 Å². The van der Waals surface area contributed by atoms with Crippen LogP contribution in [0.25, 0.3) is 0 Å². The second-order valence-electron chi connectivity index (χ2n) is 6.45. The molecule has 2 aliphatic rings. The van der Waals surface area contributed by atoms with Gasteiger partial charge in [-0.1, -0.05) is 12.8 Å². The molecule has 0 unspecified atom stereocenters. The second-order valence-corrected chi connectivity index (χ2v) is 8.86. The Morgan fingerprint density at radius 1 is 1.29 bits per heavy atom. The van der Waals surface area contributed by atoms with Crippen LogP contribution in [0.4, 0.5) is 0 Å². The van der Waals surface area contributed by atoms with Crippen LogP contribution in [0.15, 0.2) is 0 Å². The largest absolute Gasteiger partial charge is 0.481 e. The van der Waals surface area contributed by atoms with Crippen molar-refractivity contribution in [2.75, 3.05) is 18.8 Å². The number of rotatable bonds is 5. The van der Waals surface area contributed by atoms with Gasteiger partial charge in [0.05, 0.1) is 16.4 Å². The van der Waals surface area contributed by atoms with E-state index in [1.807, 2.05) is 0 Å². The minimum Gasteiger partial charge on any atom is -0.481 e. The summed E-state index contributed by atoms with van der Waals surface area (Å²) in [5, 5.41) is 8.86. The van der Waals surface area contributed by atoms with Gasteiger partial charge in [-0.05, 0) is 26.2 Å².